The van der Waals surface area contributed by atoms with Crippen molar-refractivity contribution in [1.29, 1.82) is 0 Å². The molecule has 0 aromatic heterocycles. The van der Waals surface area contributed by atoms with Crippen molar-refractivity contribution in [2.24, 2.45) is 5.92 Å². The quantitative estimate of drug-likeness (QED) is 0.493. The Morgan fingerprint density at radius 1 is 1.40 bits per heavy atom. The molecule has 2 rings (SSSR count). The molecule has 0 bridgehead atoms. The molecule has 2 unspecified atom stereocenters. The predicted octanol–water partition coefficient (Wildman–Crippen LogP) is 0.725. The van der Waals surface area contributed by atoms with Gasteiger partial charge in [0.25, 0.3) is 0 Å². The van der Waals surface area contributed by atoms with Crippen LogP contribution < -0.4 is 0 Å². The summed E-state index contributed by atoms with van der Waals surface area (Å²) in [5, 5.41) is 0. The fourth-order valence-corrected chi connectivity index (χ4v) is 2.19. The van der Waals surface area contributed by atoms with Gasteiger partial charge in [0.2, 0.25) is 0 Å². The van der Waals surface area contributed by atoms with Crippen LogP contribution in [0.4, 0.5) is 0 Å². The molecule has 2 aliphatic rings. The number of rotatable bonds is 0. The average molecular weight is 141 g/mol. The fourth-order valence-electron chi connectivity index (χ4n) is 2.19. The van der Waals surface area contributed by atoms with Crippen LogP contribution in [-0.4, -0.2) is 37.2 Å². The Labute approximate surface area is 62.2 Å². The molecule has 2 saturated heterocycles. The third-order valence-corrected chi connectivity index (χ3v) is 3.03. The van der Waals surface area contributed by atoms with E-state index in [9.17, 15) is 0 Å². The van der Waals surface area contributed by atoms with E-state index in [0.717, 1.165) is 31.2 Å². The van der Waals surface area contributed by atoms with Crippen LogP contribution in [0.3, 0.4) is 0 Å². The number of ether oxygens (including phenoxy) is 1. The van der Waals surface area contributed by atoms with E-state index in [0.29, 0.717) is 0 Å². The Morgan fingerprint density at radius 2 is 2.20 bits per heavy atom. The molecule has 0 aromatic carbocycles. The molecule has 0 aromatic rings. The van der Waals surface area contributed by atoms with Gasteiger partial charge in [-0.3, -0.25) is 4.90 Å². The van der Waals surface area contributed by atoms with Gasteiger partial charge in [0, 0.05) is 18.0 Å². The van der Waals surface area contributed by atoms with Gasteiger partial charge >= 0.3 is 0 Å². The van der Waals surface area contributed by atoms with Gasteiger partial charge in [-0.05, 0) is 20.4 Å². The van der Waals surface area contributed by atoms with Crippen LogP contribution in [0.1, 0.15) is 13.3 Å². The zero-order chi connectivity index (χ0) is 7.14. The van der Waals surface area contributed by atoms with Crippen molar-refractivity contribution < 1.29 is 4.74 Å². The smallest absolute Gasteiger partial charge is 0.0625 e. The summed E-state index contributed by atoms with van der Waals surface area (Å²) in [4.78, 5) is 2.46. The van der Waals surface area contributed by atoms with Gasteiger partial charge in [-0.15, -0.1) is 0 Å². The first-order valence-corrected chi connectivity index (χ1v) is 4.08. The summed E-state index contributed by atoms with van der Waals surface area (Å²) in [5.74, 6) is 0.833. The first-order valence-electron chi connectivity index (χ1n) is 4.08. The normalized spacial score (nSPS) is 48.0. The molecule has 2 heterocycles. The van der Waals surface area contributed by atoms with Gasteiger partial charge in [0.15, 0.2) is 0 Å². The average Bonchev–Trinajstić information content (AvgIpc) is 2.41. The van der Waals surface area contributed by atoms with Crippen LogP contribution in [0, 0.1) is 5.92 Å². The van der Waals surface area contributed by atoms with Crippen molar-refractivity contribution >= 4 is 0 Å². The number of hydrogen-bond acceptors (Lipinski definition) is 2. The van der Waals surface area contributed by atoms with E-state index in [-0.39, 0.29) is 0 Å². The van der Waals surface area contributed by atoms with E-state index in [4.69, 9.17) is 4.74 Å². The van der Waals surface area contributed by atoms with Crippen LogP contribution in [0.2, 0.25) is 0 Å². The third kappa shape index (κ3) is 0.789. The maximum absolute atomic E-state index is 5.39. The lowest BCUT2D eigenvalue weighted by Crippen LogP contribution is -2.32. The number of likely N-dealkylation sites (N-methyl/N-ethyl adjacent to an activating group) is 1. The molecule has 0 aliphatic carbocycles. The highest BCUT2D eigenvalue weighted by atomic mass is 16.5. The Balaban J connectivity index is 2.09. The number of fused-ring (bicyclic) bond motifs is 1. The monoisotopic (exact) mass is 141 g/mol. The number of nitrogens with zero attached hydrogens (tertiary/aromatic N) is 1. The molecule has 58 valence electrons. The largest absolute Gasteiger partial charge is 0.379 e. The molecular formula is C8H15NO. The van der Waals surface area contributed by atoms with Gasteiger partial charge in [0.05, 0.1) is 13.2 Å². The van der Waals surface area contributed by atoms with Crippen LogP contribution in [-0.2, 0) is 4.74 Å². The highest BCUT2D eigenvalue weighted by Gasteiger charge is 2.40. The van der Waals surface area contributed by atoms with Crippen molar-refractivity contribution in [1.82, 2.24) is 4.90 Å². The van der Waals surface area contributed by atoms with Crippen molar-refractivity contribution in [3.05, 3.63) is 0 Å². The van der Waals surface area contributed by atoms with Crippen LogP contribution in [0.15, 0.2) is 0 Å². The Kier molecular flexibility index (Phi) is 1.46. The first-order chi connectivity index (χ1) is 4.79. The molecule has 2 heteroatoms. The third-order valence-electron chi connectivity index (χ3n) is 3.03. The lowest BCUT2D eigenvalue weighted by atomic mass is 10.0. The molecule has 10 heavy (non-hydrogen) atoms. The van der Waals surface area contributed by atoms with Crippen LogP contribution >= 0.6 is 0 Å². The molecule has 2 nitrogen and oxygen atoms in total. The number of likely N-dealkylation sites (tertiary alicyclic amines) is 1. The lowest BCUT2D eigenvalue weighted by Gasteiger charge is -2.20. The molecule has 0 saturated carbocycles. The maximum Gasteiger partial charge on any atom is 0.0625 e. The maximum atomic E-state index is 5.39. The minimum absolute atomic E-state index is 0.731. The van der Waals surface area contributed by atoms with Crippen molar-refractivity contribution in [2.45, 2.75) is 25.4 Å². The van der Waals surface area contributed by atoms with Gasteiger partial charge in [0.1, 0.15) is 0 Å². The summed E-state index contributed by atoms with van der Waals surface area (Å²) < 4.78 is 5.39. The zero-order valence-electron chi connectivity index (χ0n) is 6.71. The SMILES string of the molecule is C[C@@H]1CC2COCC2N1C. The van der Waals surface area contributed by atoms with Gasteiger partial charge in [-0.1, -0.05) is 0 Å². The van der Waals surface area contributed by atoms with E-state index in [1.807, 2.05) is 0 Å². The second-order valence-electron chi connectivity index (χ2n) is 3.62. The summed E-state index contributed by atoms with van der Waals surface area (Å²) >= 11 is 0. The molecule has 3 atom stereocenters. The molecule has 2 aliphatic heterocycles. The lowest BCUT2D eigenvalue weighted by molar-refractivity contribution is 0.141. The van der Waals surface area contributed by atoms with Gasteiger partial charge < -0.3 is 4.74 Å². The molecule has 0 radical (unpaired) electrons. The van der Waals surface area contributed by atoms with E-state index >= 15 is 0 Å². The standard InChI is InChI=1S/C8H15NO/c1-6-3-7-4-10-5-8(7)9(6)2/h6-8H,3-5H2,1-2H3/t6-,7?,8?/m1/s1. The summed E-state index contributed by atoms with van der Waals surface area (Å²) in [7, 11) is 2.21. The fraction of sp³-hybridized carbons (Fsp3) is 1.00. The zero-order valence-corrected chi connectivity index (χ0v) is 6.71. The Hall–Kier alpha value is -0.0800. The van der Waals surface area contributed by atoms with E-state index < -0.39 is 0 Å². The number of hydrogen-bond donors (Lipinski definition) is 0. The predicted molar refractivity (Wildman–Crippen MR) is 39.9 cm³/mol. The summed E-state index contributed by atoms with van der Waals surface area (Å²) in [6, 6.07) is 1.51. The minimum atomic E-state index is 0.731. The second kappa shape index (κ2) is 2.21. The molecule has 2 fully saturated rings. The Morgan fingerprint density at radius 3 is 2.90 bits per heavy atom. The van der Waals surface area contributed by atoms with Gasteiger partial charge in [-0.2, -0.15) is 0 Å². The molecule has 0 N–H and O–H groups in total. The molecular weight excluding hydrogens is 126 g/mol. The topological polar surface area (TPSA) is 12.5 Å². The van der Waals surface area contributed by atoms with Crippen molar-refractivity contribution in [2.75, 3.05) is 20.3 Å². The molecule has 0 spiro atoms. The second-order valence-corrected chi connectivity index (χ2v) is 3.62. The summed E-state index contributed by atoms with van der Waals surface area (Å²) in [5.41, 5.74) is 0. The molecule has 0 amide bonds. The van der Waals surface area contributed by atoms with E-state index in [1.54, 1.807) is 0 Å². The van der Waals surface area contributed by atoms with E-state index in [2.05, 4.69) is 18.9 Å². The van der Waals surface area contributed by atoms with Crippen molar-refractivity contribution in [3.8, 4) is 0 Å². The van der Waals surface area contributed by atoms with Crippen LogP contribution in [0.25, 0.3) is 0 Å². The Bertz CT molecular complexity index is 135. The summed E-state index contributed by atoms with van der Waals surface area (Å²) in [6.07, 6.45) is 1.33. The first kappa shape index (κ1) is 6.62. The highest BCUT2D eigenvalue weighted by molar-refractivity contribution is 4.92. The van der Waals surface area contributed by atoms with Crippen LogP contribution in [0.5, 0.6) is 0 Å². The summed E-state index contributed by atoms with van der Waals surface area (Å²) in [6.45, 7) is 4.27. The minimum Gasteiger partial charge on any atom is -0.379 e. The van der Waals surface area contributed by atoms with E-state index in [1.165, 1.54) is 6.42 Å². The van der Waals surface area contributed by atoms with Gasteiger partial charge in [-0.25, -0.2) is 0 Å². The van der Waals surface area contributed by atoms with Crippen molar-refractivity contribution in [3.63, 3.8) is 0 Å². The highest BCUT2D eigenvalue weighted by Crippen LogP contribution is 2.32.